The minimum Gasteiger partial charge on any atom is -0.490 e. The second kappa shape index (κ2) is 10.6. The highest BCUT2D eigenvalue weighted by Crippen LogP contribution is 2.35. The van der Waals surface area contributed by atoms with Gasteiger partial charge < -0.3 is 25.4 Å². The lowest BCUT2D eigenvalue weighted by atomic mass is 9.94. The molecule has 1 heterocycles. The predicted molar refractivity (Wildman–Crippen MR) is 131 cm³/mol. The number of amides is 3. The van der Waals surface area contributed by atoms with Crippen molar-refractivity contribution < 1.29 is 19.1 Å². The van der Waals surface area contributed by atoms with Gasteiger partial charge in [-0.15, -0.1) is 0 Å². The van der Waals surface area contributed by atoms with Crippen molar-refractivity contribution in [3.63, 3.8) is 0 Å². The number of benzene rings is 3. The van der Waals surface area contributed by atoms with Crippen LogP contribution >= 0.6 is 0 Å². The summed E-state index contributed by atoms with van der Waals surface area (Å²) in [6, 6.07) is 23.5. The number of nitrogens with one attached hydrogen (secondary N) is 3. The summed E-state index contributed by atoms with van der Waals surface area (Å²) >= 11 is 0. The standard InChI is InChI=1S/C27H27N3O4/c1-3-33-23-16-20(14-15-22(23)34-17-19-10-6-4-7-11-19)25-24(18(2)28-27(32)30-25)26(31)29-21-12-8-5-9-13-21/h4-16,25H,3,17H2,1-2H3,(H,29,31)(H2,28,30,32). The molecule has 1 aliphatic heterocycles. The lowest BCUT2D eigenvalue weighted by Gasteiger charge is -2.29. The lowest BCUT2D eigenvalue weighted by molar-refractivity contribution is -0.113. The van der Waals surface area contributed by atoms with Crippen molar-refractivity contribution in [3.05, 3.63) is 101 Å². The molecule has 0 saturated heterocycles. The molecule has 174 valence electrons. The zero-order valence-corrected chi connectivity index (χ0v) is 19.1. The van der Waals surface area contributed by atoms with E-state index in [-0.39, 0.29) is 11.9 Å². The molecule has 0 radical (unpaired) electrons. The van der Waals surface area contributed by atoms with Gasteiger partial charge in [-0.25, -0.2) is 4.79 Å². The number of ether oxygens (including phenoxy) is 2. The van der Waals surface area contributed by atoms with E-state index in [1.54, 1.807) is 13.0 Å². The largest absolute Gasteiger partial charge is 0.490 e. The lowest BCUT2D eigenvalue weighted by Crippen LogP contribution is -2.46. The number of carbonyl (C=O) groups is 2. The molecule has 0 bridgehead atoms. The fourth-order valence-electron chi connectivity index (χ4n) is 3.79. The topological polar surface area (TPSA) is 88.7 Å². The van der Waals surface area contributed by atoms with Crippen molar-refractivity contribution in [2.24, 2.45) is 0 Å². The SMILES string of the molecule is CCOc1cc(C2NC(=O)NC(C)=C2C(=O)Nc2ccccc2)ccc1OCc1ccccc1. The second-order valence-corrected chi connectivity index (χ2v) is 7.80. The first-order valence-electron chi connectivity index (χ1n) is 11.1. The maximum atomic E-state index is 13.2. The van der Waals surface area contributed by atoms with Crippen LogP contribution in [0.5, 0.6) is 11.5 Å². The summed E-state index contributed by atoms with van der Waals surface area (Å²) in [5.41, 5.74) is 3.33. The molecule has 4 rings (SSSR count). The Bertz CT molecular complexity index is 1190. The van der Waals surface area contributed by atoms with Crippen LogP contribution in [-0.2, 0) is 11.4 Å². The molecule has 0 spiro atoms. The van der Waals surface area contributed by atoms with Gasteiger partial charge in [0.1, 0.15) is 6.61 Å². The van der Waals surface area contributed by atoms with Crippen LogP contribution in [0, 0.1) is 0 Å². The van der Waals surface area contributed by atoms with Gasteiger partial charge in [-0.1, -0.05) is 54.6 Å². The van der Waals surface area contributed by atoms with Crippen LogP contribution < -0.4 is 25.4 Å². The molecule has 1 unspecified atom stereocenters. The maximum absolute atomic E-state index is 13.2. The molecule has 3 N–H and O–H groups in total. The quantitative estimate of drug-likeness (QED) is 0.447. The first-order chi connectivity index (χ1) is 16.5. The molecule has 34 heavy (non-hydrogen) atoms. The third kappa shape index (κ3) is 5.38. The van der Waals surface area contributed by atoms with Gasteiger partial charge in [-0.05, 0) is 49.2 Å². The molecule has 0 fully saturated rings. The van der Waals surface area contributed by atoms with Gasteiger partial charge in [-0.3, -0.25) is 4.79 Å². The number of urea groups is 1. The third-order valence-corrected chi connectivity index (χ3v) is 5.38. The van der Waals surface area contributed by atoms with Crippen LogP contribution in [0.15, 0.2) is 90.1 Å². The third-order valence-electron chi connectivity index (χ3n) is 5.38. The molecule has 0 saturated carbocycles. The maximum Gasteiger partial charge on any atom is 0.319 e. The highest BCUT2D eigenvalue weighted by Gasteiger charge is 2.32. The van der Waals surface area contributed by atoms with Crippen LogP contribution in [0.25, 0.3) is 0 Å². The average molecular weight is 458 g/mol. The van der Waals surface area contributed by atoms with Crippen LogP contribution in [0.1, 0.15) is 31.0 Å². The van der Waals surface area contributed by atoms with Gasteiger partial charge in [-0.2, -0.15) is 0 Å². The first kappa shape index (κ1) is 22.9. The number of rotatable bonds is 8. The summed E-state index contributed by atoms with van der Waals surface area (Å²) in [4.78, 5) is 25.5. The zero-order valence-electron chi connectivity index (χ0n) is 19.1. The van der Waals surface area contributed by atoms with Crippen LogP contribution in [0.4, 0.5) is 10.5 Å². The molecule has 3 aromatic carbocycles. The van der Waals surface area contributed by atoms with E-state index in [9.17, 15) is 9.59 Å². The van der Waals surface area contributed by atoms with Gasteiger partial charge in [0.25, 0.3) is 5.91 Å². The normalized spacial score (nSPS) is 15.2. The molecule has 7 nitrogen and oxygen atoms in total. The summed E-state index contributed by atoms with van der Waals surface area (Å²) in [6.45, 7) is 4.45. The van der Waals surface area contributed by atoms with Crippen molar-refractivity contribution in [2.45, 2.75) is 26.5 Å². The molecule has 7 heteroatoms. The van der Waals surface area contributed by atoms with Gasteiger partial charge in [0, 0.05) is 11.4 Å². The number of hydrogen-bond donors (Lipinski definition) is 3. The highest BCUT2D eigenvalue weighted by atomic mass is 16.5. The number of carbonyl (C=O) groups excluding carboxylic acids is 2. The van der Waals surface area contributed by atoms with E-state index in [1.807, 2.05) is 79.7 Å². The molecule has 1 aliphatic rings. The molecule has 1 atom stereocenters. The predicted octanol–water partition coefficient (Wildman–Crippen LogP) is 4.93. The Morgan fingerprint density at radius 2 is 1.65 bits per heavy atom. The number of anilines is 1. The van der Waals surface area contributed by atoms with E-state index >= 15 is 0 Å². The Morgan fingerprint density at radius 1 is 0.941 bits per heavy atom. The Balaban J connectivity index is 1.62. The first-order valence-corrected chi connectivity index (χ1v) is 11.1. The summed E-state index contributed by atoms with van der Waals surface area (Å²) in [5, 5.41) is 8.46. The van der Waals surface area contributed by atoms with Gasteiger partial charge in [0.2, 0.25) is 0 Å². The Kier molecular flexibility index (Phi) is 7.13. The summed E-state index contributed by atoms with van der Waals surface area (Å²) < 4.78 is 11.8. The molecule has 3 amide bonds. The Morgan fingerprint density at radius 3 is 2.35 bits per heavy atom. The summed E-state index contributed by atoms with van der Waals surface area (Å²) in [6.07, 6.45) is 0. The number of hydrogen-bond acceptors (Lipinski definition) is 4. The molecular weight excluding hydrogens is 430 g/mol. The van der Waals surface area contributed by atoms with E-state index in [0.29, 0.717) is 47.2 Å². The molecule has 3 aromatic rings. The minimum atomic E-state index is -0.653. The smallest absolute Gasteiger partial charge is 0.319 e. The summed E-state index contributed by atoms with van der Waals surface area (Å²) in [5.74, 6) is 0.832. The van der Waals surface area contributed by atoms with Gasteiger partial charge in [0.05, 0.1) is 18.2 Å². The van der Waals surface area contributed by atoms with E-state index < -0.39 is 6.04 Å². The van der Waals surface area contributed by atoms with Crippen molar-refractivity contribution in [1.29, 1.82) is 0 Å². The number of allylic oxidation sites excluding steroid dienone is 1. The van der Waals surface area contributed by atoms with Crippen LogP contribution in [0.3, 0.4) is 0 Å². The van der Waals surface area contributed by atoms with Crippen LogP contribution in [-0.4, -0.2) is 18.5 Å². The molecule has 0 aliphatic carbocycles. The van der Waals surface area contributed by atoms with Gasteiger partial charge in [0.15, 0.2) is 11.5 Å². The van der Waals surface area contributed by atoms with E-state index in [0.717, 1.165) is 5.56 Å². The zero-order chi connectivity index (χ0) is 23.9. The number of para-hydroxylation sites is 1. The fraction of sp³-hybridized carbons (Fsp3) is 0.185. The van der Waals surface area contributed by atoms with Crippen molar-refractivity contribution >= 4 is 17.6 Å². The monoisotopic (exact) mass is 457 g/mol. The van der Waals surface area contributed by atoms with E-state index in [1.165, 1.54) is 0 Å². The Hall–Kier alpha value is -4.26. The van der Waals surface area contributed by atoms with Crippen molar-refractivity contribution in [3.8, 4) is 11.5 Å². The molecular formula is C27H27N3O4. The fourth-order valence-corrected chi connectivity index (χ4v) is 3.79. The highest BCUT2D eigenvalue weighted by molar-refractivity contribution is 6.06. The average Bonchev–Trinajstić information content (AvgIpc) is 2.84. The minimum absolute atomic E-state index is 0.302. The second-order valence-electron chi connectivity index (χ2n) is 7.80. The Labute approximate surface area is 198 Å². The summed E-state index contributed by atoms with van der Waals surface area (Å²) in [7, 11) is 0. The van der Waals surface area contributed by atoms with Crippen molar-refractivity contribution in [1.82, 2.24) is 10.6 Å². The van der Waals surface area contributed by atoms with Crippen LogP contribution in [0.2, 0.25) is 0 Å². The van der Waals surface area contributed by atoms with Gasteiger partial charge >= 0.3 is 6.03 Å². The van der Waals surface area contributed by atoms with Crippen molar-refractivity contribution in [2.75, 3.05) is 11.9 Å². The van der Waals surface area contributed by atoms with E-state index in [4.69, 9.17) is 9.47 Å². The molecule has 0 aromatic heterocycles. The van der Waals surface area contributed by atoms with E-state index in [2.05, 4.69) is 16.0 Å².